The molecular weight excluding hydrogens is 200 g/mol. The zero-order valence-corrected chi connectivity index (χ0v) is 8.06. The van der Waals surface area contributed by atoms with Crippen molar-refractivity contribution in [3.63, 3.8) is 0 Å². The first-order valence-corrected chi connectivity index (χ1v) is 4.55. The molecule has 15 heavy (non-hydrogen) atoms. The average Bonchev–Trinajstić information content (AvgIpc) is 2.21. The predicted molar refractivity (Wildman–Crippen MR) is 51.2 cm³/mol. The Bertz CT molecular complexity index is 351. The highest BCUT2D eigenvalue weighted by Gasteiger charge is 2.27. The molecule has 0 atom stereocenters. The van der Waals surface area contributed by atoms with Crippen molar-refractivity contribution in [2.24, 2.45) is 0 Å². The molecule has 0 aromatic heterocycles. The number of ketones is 2. The molecule has 0 aromatic carbocycles. The van der Waals surface area contributed by atoms with Gasteiger partial charge in [0.2, 0.25) is 11.6 Å². The van der Waals surface area contributed by atoms with Crippen molar-refractivity contribution in [2.45, 2.75) is 12.8 Å². The van der Waals surface area contributed by atoms with Crippen LogP contribution in [0.2, 0.25) is 0 Å². The Balaban J connectivity index is 3.06. The molecule has 82 valence electrons. The van der Waals surface area contributed by atoms with Gasteiger partial charge in [-0.1, -0.05) is 0 Å². The van der Waals surface area contributed by atoms with Crippen LogP contribution in [0.1, 0.15) is 12.8 Å². The molecule has 5 nitrogen and oxygen atoms in total. The van der Waals surface area contributed by atoms with Gasteiger partial charge in [0, 0.05) is 30.8 Å². The number of Topliss-reactive ketones (excluding diaryl/α,β-unsaturated/α-hetero) is 1. The number of hydrogen-bond acceptors (Lipinski definition) is 5. The van der Waals surface area contributed by atoms with Crippen LogP contribution in [0.4, 0.5) is 0 Å². The number of rotatable bonds is 4. The minimum Gasteiger partial charge on any atom is -0.507 e. The largest absolute Gasteiger partial charge is 0.507 e. The van der Waals surface area contributed by atoms with E-state index in [1.807, 2.05) is 0 Å². The number of aliphatic hydroxyl groups is 3. The fraction of sp³-hybridized carbons (Fsp3) is 0.400. The number of allylic oxidation sites excluding steroid dienone is 2. The molecule has 0 bridgehead atoms. The molecule has 0 radical (unpaired) electrons. The normalized spacial score (nSPS) is 17.1. The second-order valence-corrected chi connectivity index (χ2v) is 3.14. The number of carbonyl (C=O) groups is 2. The van der Waals surface area contributed by atoms with E-state index in [1.54, 1.807) is 0 Å². The predicted octanol–water partition coefficient (Wildman–Crippen LogP) is -0.358. The zero-order valence-electron chi connectivity index (χ0n) is 8.06. The molecule has 1 rings (SSSR count). The molecule has 0 aromatic rings. The maximum Gasteiger partial charge on any atom is 0.232 e. The van der Waals surface area contributed by atoms with Gasteiger partial charge in [-0.15, -0.1) is 0 Å². The van der Waals surface area contributed by atoms with E-state index in [-0.39, 0.29) is 43.0 Å². The summed E-state index contributed by atoms with van der Waals surface area (Å²) >= 11 is 0. The Morgan fingerprint density at radius 2 is 1.67 bits per heavy atom. The summed E-state index contributed by atoms with van der Waals surface area (Å²) in [4.78, 5) is 22.5. The second-order valence-electron chi connectivity index (χ2n) is 3.14. The molecule has 0 unspecified atom stereocenters. The van der Waals surface area contributed by atoms with Gasteiger partial charge in [0.25, 0.3) is 0 Å². The van der Waals surface area contributed by atoms with Crippen LogP contribution in [0, 0.1) is 0 Å². The Morgan fingerprint density at radius 1 is 1.07 bits per heavy atom. The summed E-state index contributed by atoms with van der Waals surface area (Å²) in [5.74, 6) is -1.80. The van der Waals surface area contributed by atoms with Crippen molar-refractivity contribution in [3.05, 3.63) is 23.0 Å². The maximum absolute atomic E-state index is 11.3. The van der Waals surface area contributed by atoms with Crippen LogP contribution in [-0.2, 0) is 9.59 Å². The Labute approximate surface area is 86.3 Å². The van der Waals surface area contributed by atoms with E-state index in [9.17, 15) is 14.7 Å². The second kappa shape index (κ2) is 4.86. The Morgan fingerprint density at radius 3 is 2.20 bits per heavy atom. The molecule has 1 aliphatic carbocycles. The highest BCUT2D eigenvalue weighted by atomic mass is 16.3. The first kappa shape index (κ1) is 11.6. The lowest BCUT2D eigenvalue weighted by Crippen LogP contribution is -2.22. The minimum atomic E-state index is -0.789. The van der Waals surface area contributed by atoms with Crippen molar-refractivity contribution in [2.75, 3.05) is 13.2 Å². The first-order chi connectivity index (χ1) is 7.11. The fourth-order valence-electron chi connectivity index (χ4n) is 1.40. The number of carbonyl (C=O) groups excluding carboxylic acids is 2. The third-order valence-electron chi connectivity index (χ3n) is 2.14. The molecule has 5 heteroatoms. The van der Waals surface area contributed by atoms with E-state index in [4.69, 9.17) is 10.2 Å². The first-order valence-electron chi connectivity index (χ1n) is 4.55. The molecule has 0 saturated carbocycles. The van der Waals surface area contributed by atoms with Gasteiger partial charge in [-0.25, -0.2) is 0 Å². The molecule has 1 aliphatic rings. The van der Waals surface area contributed by atoms with Crippen LogP contribution >= 0.6 is 0 Å². The fourth-order valence-corrected chi connectivity index (χ4v) is 1.40. The molecule has 0 amide bonds. The van der Waals surface area contributed by atoms with Crippen LogP contribution in [0.3, 0.4) is 0 Å². The van der Waals surface area contributed by atoms with E-state index in [0.717, 1.165) is 6.08 Å². The third kappa shape index (κ3) is 2.31. The van der Waals surface area contributed by atoms with Gasteiger partial charge in [-0.2, -0.15) is 0 Å². The van der Waals surface area contributed by atoms with E-state index in [0.29, 0.717) is 0 Å². The Hall–Kier alpha value is -1.46. The zero-order chi connectivity index (χ0) is 11.4. The van der Waals surface area contributed by atoms with E-state index >= 15 is 0 Å². The molecule has 0 fully saturated rings. The Kier molecular flexibility index (Phi) is 3.76. The summed E-state index contributed by atoms with van der Waals surface area (Å²) in [6.07, 6.45) is 1.08. The molecular formula is C10H12O5. The van der Waals surface area contributed by atoms with Gasteiger partial charge in [0.15, 0.2) is 0 Å². The van der Waals surface area contributed by atoms with E-state index in [2.05, 4.69) is 0 Å². The molecule has 3 N–H and O–H groups in total. The molecule has 0 aliphatic heterocycles. The lowest BCUT2D eigenvalue weighted by molar-refractivity contribution is -0.132. The van der Waals surface area contributed by atoms with Gasteiger partial charge in [0.1, 0.15) is 5.76 Å². The molecule has 0 saturated heterocycles. The monoisotopic (exact) mass is 212 g/mol. The quantitative estimate of drug-likeness (QED) is 0.437. The standard InChI is InChI=1S/C10H12O5/c11-3-1-6-5-8(13)10(15)7(2-4-12)9(6)14/h5,11-12,14H,1-4H2. The van der Waals surface area contributed by atoms with Crippen LogP contribution in [0.25, 0.3) is 0 Å². The topological polar surface area (TPSA) is 94.8 Å². The van der Waals surface area contributed by atoms with Gasteiger partial charge >= 0.3 is 0 Å². The molecule has 0 spiro atoms. The van der Waals surface area contributed by atoms with Gasteiger partial charge in [0.05, 0.1) is 0 Å². The smallest absolute Gasteiger partial charge is 0.232 e. The van der Waals surface area contributed by atoms with Gasteiger partial charge < -0.3 is 15.3 Å². The number of aliphatic hydroxyl groups excluding tert-OH is 3. The van der Waals surface area contributed by atoms with Crippen molar-refractivity contribution < 1.29 is 24.9 Å². The number of hydrogen-bond donors (Lipinski definition) is 3. The highest BCUT2D eigenvalue weighted by molar-refractivity contribution is 6.48. The average molecular weight is 212 g/mol. The van der Waals surface area contributed by atoms with Crippen LogP contribution < -0.4 is 0 Å². The third-order valence-corrected chi connectivity index (χ3v) is 2.14. The van der Waals surface area contributed by atoms with Crippen LogP contribution in [0.5, 0.6) is 0 Å². The van der Waals surface area contributed by atoms with E-state index < -0.39 is 11.6 Å². The van der Waals surface area contributed by atoms with Crippen LogP contribution in [-0.4, -0.2) is 40.1 Å². The summed E-state index contributed by atoms with van der Waals surface area (Å²) in [5, 5.41) is 27.0. The van der Waals surface area contributed by atoms with Gasteiger partial charge in [-0.05, 0) is 12.5 Å². The van der Waals surface area contributed by atoms with Crippen molar-refractivity contribution in [3.8, 4) is 0 Å². The summed E-state index contributed by atoms with van der Waals surface area (Å²) in [5.41, 5.74) is 0.166. The highest BCUT2D eigenvalue weighted by Crippen LogP contribution is 2.23. The van der Waals surface area contributed by atoms with Crippen molar-refractivity contribution >= 4 is 11.6 Å². The maximum atomic E-state index is 11.3. The van der Waals surface area contributed by atoms with Crippen molar-refractivity contribution in [1.29, 1.82) is 0 Å². The van der Waals surface area contributed by atoms with Crippen molar-refractivity contribution in [1.82, 2.24) is 0 Å². The SMILES string of the molecule is O=C1C=C(CCO)C(O)=C(CCO)C1=O. The van der Waals surface area contributed by atoms with Gasteiger partial charge in [-0.3, -0.25) is 9.59 Å². The summed E-state index contributed by atoms with van der Waals surface area (Å²) in [7, 11) is 0. The summed E-state index contributed by atoms with van der Waals surface area (Å²) in [6.45, 7) is -0.533. The molecule has 0 heterocycles. The van der Waals surface area contributed by atoms with E-state index in [1.165, 1.54) is 0 Å². The van der Waals surface area contributed by atoms with Crippen LogP contribution in [0.15, 0.2) is 23.0 Å². The summed E-state index contributed by atoms with van der Waals surface area (Å²) < 4.78 is 0. The summed E-state index contributed by atoms with van der Waals surface area (Å²) in [6, 6.07) is 0. The minimum absolute atomic E-state index is 0.0564. The lowest BCUT2D eigenvalue weighted by Gasteiger charge is -2.14. The lowest BCUT2D eigenvalue weighted by atomic mass is 9.92.